The van der Waals surface area contributed by atoms with Gasteiger partial charge in [0.05, 0.1) is 0 Å². The molecule has 0 aliphatic carbocycles. The summed E-state index contributed by atoms with van der Waals surface area (Å²) in [4.78, 5) is 0. The zero-order valence-corrected chi connectivity index (χ0v) is 17.1. The van der Waals surface area contributed by atoms with Crippen LogP contribution in [0.15, 0.2) is 84.9 Å². The minimum absolute atomic E-state index is 0. The molecule has 0 N–H and O–H groups in total. The maximum atomic E-state index is 2.12. The Morgan fingerprint density at radius 1 is 0.308 bits per heavy atom. The van der Waals surface area contributed by atoms with Crippen LogP contribution in [-0.2, 0) is 0 Å². The van der Waals surface area contributed by atoms with E-state index in [9.17, 15) is 0 Å². The number of benzene rings is 3. The topological polar surface area (TPSA) is 0 Å². The van der Waals surface area contributed by atoms with Crippen LogP contribution in [0.1, 0.15) is 70.2 Å². The Kier molecular flexibility index (Phi) is 46.3. The summed E-state index contributed by atoms with van der Waals surface area (Å²) in [7, 11) is 0. The van der Waals surface area contributed by atoms with Crippen molar-refractivity contribution in [1.29, 1.82) is 0 Å². The molecular formula is C26H46. The second-order valence-electron chi connectivity index (χ2n) is 3.50. The van der Waals surface area contributed by atoms with Crippen molar-refractivity contribution in [2.45, 2.75) is 70.2 Å². The predicted octanol–water partition coefficient (Wildman–Crippen LogP) is 9.90. The van der Waals surface area contributed by atoms with E-state index in [0.29, 0.717) is 0 Å². The molecule has 0 saturated heterocycles. The molecule has 26 heavy (non-hydrogen) atoms. The van der Waals surface area contributed by atoms with Crippen molar-refractivity contribution in [1.82, 2.24) is 0 Å². The molecule has 0 heteroatoms. The van der Waals surface area contributed by atoms with Crippen LogP contribution in [0.5, 0.6) is 0 Å². The van der Waals surface area contributed by atoms with Crippen molar-refractivity contribution in [2.75, 3.05) is 0 Å². The molecule has 0 unspecified atom stereocenters. The van der Waals surface area contributed by atoms with Gasteiger partial charge in [-0.1, -0.05) is 155 Å². The molecule has 0 aliphatic heterocycles. The molecule has 0 spiro atoms. The Hall–Kier alpha value is -2.08. The average molecular weight is 359 g/mol. The lowest BCUT2D eigenvalue weighted by Crippen LogP contribution is -1.67. The molecule has 150 valence electrons. The van der Waals surface area contributed by atoms with Gasteiger partial charge >= 0.3 is 0 Å². The Bertz CT molecular complexity index is 434. The van der Waals surface area contributed by atoms with Gasteiger partial charge in [0, 0.05) is 0 Å². The first-order valence-corrected chi connectivity index (χ1v) is 9.40. The van der Waals surface area contributed by atoms with Crippen molar-refractivity contribution in [3.8, 4) is 0 Å². The molecule has 0 aromatic heterocycles. The quantitative estimate of drug-likeness (QED) is 0.375. The number of rotatable bonds is 0. The Morgan fingerprint density at radius 3 is 0.615 bits per heavy atom. The van der Waals surface area contributed by atoms with Crippen LogP contribution in [0.25, 0.3) is 10.8 Å². The third kappa shape index (κ3) is 20.0. The molecule has 0 heterocycles. The lowest BCUT2D eigenvalue weighted by atomic mass is 10.1. The fourth-order valence-electron chi connectivity index (χ4n) is 1.52. The third-order valence-corrected chi connectivity index (χ3v) is 2.33. The highest BCUT2D eigenvalue weighted by atomic mass is 13.9. The molecule has 0 fully saturated rings. The fraction of sp³-hybridized carbons (Fsp3) is 0.385. The van der Waals surface area contributed by atoms with Crippen molar-refractivity contribution >= 4 is 10.8 Å². The Labute approximate surface area is 166 Å². The normalized spacial score (nSPS) is 6.62. The van der Waals surface area contributed by atoms with Gasteiger partial charge in [0.2, 0.25) is 0 Å². The first-order chi connectivity index (χ1) is 12.0. The van der Waals surface area contributed by atoms with Gasteiger partial charge < -0.3 is 0 Å². The SMILES string of the molecule is C.C.CC.CC.CC.CC.c1ccc2ccccc2c1.c1ccccc1. The highest BCUT2D eigenvalue weighted by molar-refractivity contribution is 5.81. The summed E-state index contributed by atoms with van der Waals surface area (Å²) in [6.07, 6.45) is 0. The van der Waals surface area contributed by atoms with Crippen LogP contribution in [0.4, 0.5) is 0 Å². The summed E-state index contributed by atoms with van der Waals surface area (Å²) in [5.74, 6) is 0. The fourth-order valence-corrected chi connectivity index (χ4v) is 1.52. The summed E-state index contributed by atoms with van der Waals surface area (Å²) in [6.45, 7) is 16.0. The molecule has 0 amide bonds. The van der Waals surface area contributed by atoms with Crippen molar-refractivity contribution in [2.24, 2.45) is 0 Å². The standard InChI is InChI=1S/C10H8.C6H6.4C2H6.2CH4/c1-2-6-10-8-4-3-7-9(10)5-1;1-2-4-6-5-3-1;4*1-2;;/h1-8H;1-6H;4*1-2H3;2*1H4. The van der Waals surface area contributed by atoms with Gasteiger partial charge in [0.15, 0.2) is 0 Å². The maximum Gasteiger partial charge on any atom is -0.0184 e. The molecule has 0 bridgehead atoms. The van der Waals surface area contributed by atoms with E-state index in [1.165, 1.54) is 10.8 Å². The highest BCUT2D eigenvalue weighted by Crippen LogP contribution is 2.11. The second kappa shape index (κ2) is 34.3. The van der Waals surface area contributed by atoms with E-state index in [1.807, 2.05) is 91.8 Å². The average Bonchev–Trinajstić information content (AvgIpc) is 2.76. The van der Waals surface area contributed by atoms with Gasteiger partial charge in [0.25, 0.3) is 0 Å². The molecule has 3 aromatic carbocycles. The lowest BCUT2D eigenvalue weighted by Gasteiger charge is -1.92. The van der Waals surface area contributed by atoms with E-state index < -0.39 is 0 Å². The van der Waals surface area contributed by atoms with Gasteiger partial charge in [-0.3, -0.25) is 0 Å². The van der Waals surface area contributed by atoms with E-state index in [-0.39, 0.29) is 14.9 Å². The molecule has 0 aliphatic rings. The highest BCUT2D eigenvalue weighted by Gasteiger charge is 1.85. The van der Waals surface area contributed by atoms with Gasteiger partial charge in [-0.15, -0.1) is 0 Å². The molecule has 0 atom stereocenters. The van der Waals surface area contributed by atoms with Gasteiger partial charge in [0.1, 0.15) is 0 Å². The zero-order valence-electron chi connectivity index (χ0n) is 17.1. The van der Waals surface area contributed by atoms with Crippen LogP contribution < -0.4 is 0 Å². The third-order valence-electron chi connectivity index (χ3n) is 2.33. The zero-order chi connectivity index (χ0) is 19.1. The second-order valence-corrected chi connectivity index (χ2v) is 3.50. The van der Waals surface area contributed by atoms with Crippen LogP contribution >= 0.6 is 0 Å². The van der Waals surface area contributed by atoms with Crippen molar-refractivity contribution in [3.05, 3.63) is 84.9 Å². The number of hydrogen-bond acceptors (Lipinski definition) is 0. The molecule has 3 aromatic rings. The Balaban J connectivity index is -0.0000000808. The molecule has 3 rings (SSSR count). The number of fused-ring (bicyclic) bond motifs is 1. The van der Waals surface area contributed by atoms with E-state index in [1.54, 1.807) is 0 Å². The number of hydrogen-bond donors (Lipinski definition) is 0. The van der Waals surface area contributed by atoms with Gasteiger partial charge in [-0.05, 0) is 10.8 Å². The predicted molar refractivity (Wildman–Crippen MR) is 129 cm³/mol. The van der Waals surface area contributed by atoms with E-state index in [2.05, 4.69) is 48.5 Å². The van der Waals surface area contributed by atoms with E-state index in [0.717, 1.165) is 0 Å². The largest absolute Gasteiger partial charge is 0.0776 e. The minimum atomic E-state index is 0. The molecule has 0 saturated carbocycles. The van der Waals surface area contributed by atoms with Crippen LogP contribution in [0.3, 0.4) is 0 Å². The van der Waals surface area contributed by atoms with Crippen molar-refractivity contribution < 1.29 is 0 Å². The van der Waals surface area contributed by atoms with Crippen LogP contribution in [0, 0.1) is 0 Å². The summed E-state index contributed by atoms with van der Waals surface area (Å²) in [5.41, 5.74) is 0. The molecular weight excluding hydrogens is 312 g/mol. The smallest absolute Gasteiger partial charge is 0.0184 e. The summed E-state index contributed by atoms with van der Waals surface area (Å²) < 4.78 is 0. The molecule has 0 radical (unpaired) electrons. The minimum Gasteiger partial charge on any atom is -0.0776 e. The molecule has 0 nitrogen and oxygen atoms in total. The van der Waals surface area contributed by atoms with Crippen molar-refractivity contribution in [3.63, 3.8) is 0 Å². The summed E-state index contributed by atoms with van der Waals surface area (Å²) in [5, 5.41) is 2.62. The summed E-state index contributed by atoms with van der Waals surface area (Å²) >= 11 is 0. The monoisotopic (exact) mass is 358 g/mol. The van der Waals surface area contributed by atoms with Gasteiger partial charge in [-0.2, -0.15) is 0 Å². The maximum absolute atomic E-state index is 2.12. The lowest BCUT2D eigenvalue weighted by molar-refractivity contribution is 1.50. The van der Waals surface area contributed by atoms with Crippen LogP contribution in [-0.4, -0.2) is 0 Å². The van der Waals surface area contributed by atoms with Crippen LogP contribution in [0.2, 0.25) is 0 Å². The first-order valence-electron chi connectivity index (χ1n) is 9.40. The van der Waals surface area contributed by atoms with E-state index in [4.69, 9.17) is 0 Å². The first kappa shape index (κ1) is 35.1. The van der Waals surface area contributed by atoms with E-state index >= 15 is 0 Å². The summed E-state index contributed by atoms with van der Waals surface area (Å²) in [6, 6.07) is 28.7. The van der Waals surface area contributed by atoms with Gasteiger partial charge in [-0.25, -0.2) is 0 Å². The Morgan fingerprint density at radius 2 is 0.462 bits per heavy atom.